The van der Waals surface area contributed by atoms with Crippen molar-refractivity contribution in [2.45, 2.75) is 49.5 Å². The van der Waals surface area contributed by atoms with Crippen molar-refractivity contribution in [3.05, 3.63) is 29.8 Å². The summed E-state index contributed by atoms with van der Waals surface area (Å²) in [7, 11) is 0.940. The molecule has 0 N–H and O–H groups in total. The molecule has 0 bridgehead atoms. The standard InChI is InChI=1S/C19H28N2O5S/c1-20(14-13-18(22)26-3)19(23)15-9-11-17(12-10-15)27(24,25)21(2)16-7-5-4-6-8-16/h9-12,16H,4-8,13-14H2,1-3H3. The van der Waals surface area contributed by atoms with Gasteiger partial charge in [0.1, 0.15) is 0 Å². The number of carbonyl (C=O) groups excluding carboxylic acids is 2. The first-order valence-electron chi connectivity index (χ1n) is 9.17. The number of carbonyl (C=O) groups is 2. The largest absolute Gasteiger partial charge is 0.469 e. The topological polar surface area (TPSA) is 84.0 Å². The van der Waals surface area contributed by atoms with Crippen LogP contribution in [0.3, 0.4) is 0 Å². The summed E-state index contributed by atoms with van der Waals surface area (Å²) in [5.74, 6) is -0.662. The third-order valence-electron chi connectivity index (χ3n) is 5.09. The smallest absolute Gasteiger partial charge is 0.307 e. The molecule has 2 rings (SSSR count). The summed E-state index contributed by atoms with van der Waals surface area (Å²) < 4.78 is 31.7. The minimum atomic E-state index is -3.58. The summed E-state index contributed by atoms with van der Waals surface area (Å²) in [5.41, 5.74) is 0.377. The molecule has 1 aromatic rings. The van der Waals surface area contributed by atoms with Gasteiger partial charge in [-0.15, -0.1) is 0 Å². The molecule has 0 saturated heterocycles. The summed E-state index contributed by atoms with van der Waals surface area (Å²) in [6, 6.07) is 6.00. The first-order valence-corrected chi connectivity index (χ1v) is 10.6. The summed E-state index contributed by atoms with van der Waals surface area (Å²) in [5, 5.41) is 0. The molecule has 0 heterocycles. The van der Waals surface area contributed by atoms with Crippen molar-refractivity contribution >= 4 is 21.9 Å². The van der Waals surface area contributed by atoms with Gasteiger partial charge in [-0.05, 0) is 37.1 Å². The van der Waals surface area contributed by atoms with Gasteiger partial charge in [-0.25, -0.2) is 8.42 Å². The number of sulfonamides is 1. The molecule has 0 spiro atoms. The van der Waals surface area contributed by atoms with Gasteiger partial charge in [0.2, 0.25) is 10.0 Å². The fourth-order valence-electron chi connectivity index (χ4n) is 3.26. The van der Waals surface area contributed by atoms with E-state index in [2.05, 4.69) is 4.74 Å². The van der Waals surface area contributed by atoms with E-state index in [0.29, 0.717) is 5.56 Å². The Bertz CT molecular complexity index is 755. The molecule has 0 aromatic heterocycles. The van der Waals surface area contributed by atoms with Crippen molar-refractivity contribution in [3.8, 4) is 0 Å². The van der Waals surface area contributed by atoms with Gasteiger partial charge in [-0.3, -0.25) is 9.59 Å². The Morgan fingerprint density at radius 2 is 1.67 bits per heavy atom. The van der Waals surface area contributed by atoms with Gasteiger partial charge in [-0.1, -0.05) is 19.3 Å². The molecule has 0 radical (unpaired) electrons. The molecular weight excluding hydrogens is 368 g/mol. The van der Waals surface area contributed by atoms with Gasteiger partial charge >= 0.3 is 5.97 Å². The first-order chi connectivity index (χ1) is 12.8. The normalized spacial score (nSPS) is 15.6. The van der Waals surface area contributed by atoms with Crippen LogP contribution in [0.2, 0.25) is 0 Å². The van der Waals surface area contributed by atoms with Gasteiger partial charge in [-0.2, -0.15) is 4.31 Å². The second-order valence-corrected chi connectivity index (χ2v) is 8.89. The number of methoxy groups -OCH3 is 1. The molecule has 150 valence electrons. The molecule has 1 fully saturated rings. The highest BCUT2D eigenvalue weighted by Gasteiger charge is 2.29. The van der Waals surface area contributed by atoms with E-state index in [4.69, 9.17) is 0 Å². The van der Waals surface area contributed by atoms with E-state index in [9.17, 15) is 18.0 Å². The Balaban J connectivity index is 2.06. The minimum absolute atomic E-state index is 0.0366. The van der Waals surface area contributed by atoms with Crippen LogP contribution in [0.4, 0.5) is 0 Å². The van der Waals surface area contributed by atoms with E-state index in [0.717, 1.165) is 32.1 Å². The SMILES string of the molecule is COC(=O)CCN(C)C(=O)c1ccc(S(=O)(=O)N(C)C2CCCCC2)cc1. The Kier molecular flexibility index (Phi) is 7.38. The summed E-state index contributed by atoms with van der Waals surface area (Å²) in [6.07, 6.45) is 5.14. The van der Waals surface area contributed by atoms with Crippen LogP contribution in [0.15, 0.2) is 29.2 Å². The summed E-state index contributed by atoms with van der Waals surface area (Å²) in [4.78, 5) is 25.2. The van der Waals surface area contributed by atoms with Crippen LogP contribution in [0.5, 0.6) is 0 Å². The van der Waals surface area contributed by atoms with Gasteiger partial charge in [0.05, 0.1) is 18.4 Å². The lowest BCUT2D eigenvalue weighted by Crippen LogP contribution is -2.38. The van der Waals surface area contributed by atoms with Crippen molar-refractivity contribution in [1.29, 1.82) is 0 Å². The van der Waals surface area contributed by atoms with Crippen molar-refractivity contribution in [1.82, 2.24) is 9.21 Å². The number of benzene rings is 1. The quantitative estimate of drug-likeness (QED) is 0.660. The van der Waals surface area contributed by atoms with Gasteiger partial charge in [0.15, 0.2) is 0 Å². The summed E-state index contributed by atoms with van der Waals surface area (Å²) in [6.45, 7) is 0.232. The molecule has 0 unspecified atom stereocenters. The number of hydrogen-bond donors (Lipinski definition) is 0. The Morgan fingerprint density at radius 3 is 2.22 bits per heavy atom. The van der Waals surface area contributed by atoms with E-state index >= 15 is 0 Å². The molecule has 1 saturated carbocycles. The predicted molar refractivity (Wildman–Crippen MR) is 102 cm³/mol. The fraction of sp³-hybridized carbons (Fsp3) is 0.579. The van der Waals surface area contributed by atoms with Crippen molar-refractivity contribution < 1.29 is 22.7 Å². The molecule has 1 aliphatic rings. The third kappa shape index (κ3) is 5.29. The fourth-order valence-corrected chi connectivity index (χ4v) is 4.68. The van der Waals surface area contributed by atoms with Crippen molar-refractivity contribution in [2.75, 3.05) is 27.7 Å². The van der Waals surface area contributed by atoms with Crippen LogP contribution in [-0.4, -0.2) is 63.3 Å². The van der Waals surface area contributed by atoms with E-state index in [-0.39, 0.29) is 35.8 Å². The molecule has 8 heteroatoms. The Labute approximate surface area is 161 Å². The Hall–Kier alpha value is -1.93. The zero-order valence-electron chi connectivity index (χ0n) is 16.2. The van der Waals surface area contributed by atoms with Crippen LogP contribution in [0.1, 0.15) is 48.9 Å². The minimum Gasteiger partial charge on any atom is -0.469 e. The lowest BCUT2D eigenvalue weighted by molar-refractivity contribution is -0.140. The lowest BCUT2D eigenvalue weighted by Gasteiger charge is -2.30. The number of esters is 1. The lowest BCUT2D eigenvalue weighted by atomic mass is 9.96. The molecule has 0 aliphatic heterocycles. The van der Waals surface area contributed by atoms with E-state index in [1.807, 2.05) is 0 Å². The number of ether oxygens (including phenoxy) is 1. The number of rotatable bonds is 7. The molecule has 1 aliphatic carbocycles. The highest BCUT2D eigenvalue weighted by molar-refractivity contribution is 7.89. The molecule has 27 heavy (non-hydrogen) atoms. The van der Waals surface area contributed by atoms with Crippen molar-refractivity contribution in [2.24, 2.45) is 0 Å². The zero-order chi connectivity index (χ0) is 20.0. The van der Waals surface area contributed by atoms with Crippen LogP contribution < -0.4 is 0 Å². The van der Waals surface area contributed by atoms with Crippen LogP contribution in [0.25, 0.3) is 0 Å². The van der Waals surface area contributed by atoms with Crippen molar-refractivity contribution in [3.63, 3.8) is 0 Å². The maximum absolute atomic E-state index is 12.8. The average Bonchev–Trinajstić information content (AvgIpc) is 2.71. The zero-order valence-corrected chi connectivity index (χ0v) is 17.0. The van der Waals surface area contributed by atoms with Gasteiger partial charge in [0, 0.05) is 32.2 Å². The number of nitrogens with zero attached hydrogens (tertiary/aromatic N) is 2. The van der Waals surface area contributed by atoms with E-state index in [1.165, 1.54) is 40.6 Å². The Morgan fingerprint density at radius 1 is 1.07 bits per heavy atom. The van der Waals surface area contributed by atoms with Crippen LogP contribution in [-0.2, 0) is 19.6 Å². The van der Waals surface area contributed by atoms with Gasteiger partial charge < -0.3 is 9.64 Å². The molecule has 7 nitrogen and oxygen atoms in total. The highest BCUT2D eigenvalue weighted by Crippen LogP contribution is 2.26. The average molecular weight is 397 g/mol. The number of hydrogen-bond acceptors (Lipinski definition) is 5. The molecule has 0 atom stereocenters. The van der Waals surface area contributed by atoms with Gasteiger partial charge in [0.25, 0.3) is 5.91 Å². The molecule has 1 aromatic carbocycles. The number of amides is 1. The van der Waals surface area contributed by atoms with Crippen LogP contribution in [0, 0.1) is 0 Å². The van der Waals surface area contributed by atoms with E-state index in [1.54, 1.807) is 14.1 Å². The second kappa shape index (κ2) is 9.32. The maximum Gasteiger partial charge on any atom is 0.307 e. The second-order valence-electron chi connectivity index (χ2n) is 6.89. The molecular formula is C19H28N2O5S. The monoisotopic (exact) mass is 396 g/mol. The molecule has 1 amide bonds. The maximum atomic E-state index is 12.8. The third-order valence-corrected chi connectivity index (χ3v) is 7.02. The highest BCUT2D eigenvalue weighted by atomic mass is 32.2. The van der Waals surface area contributed by atoms with Crippen LogP contribution >= 0.6 is 0 Å². The van der Waals surface area contributed by atoms with E-state index < -0.39 is 10.0 Å². The predicted octanol–water partition coefficient (Wildman–Crippen LogP) is 2.27. The first kappa shape index (κ1) is 21.4. The summed E-state index contributed by atoms with van der Waals surface area (Å²) >= 11 is 0.